The summed E-state index contributed by atoms with van der Waals surface area (Å²) in [5.41, 5.74) is 0. The molecule has 0 aromatic rings. The molecule has 0 aromatic carbocycles. The van der Waals surface area contributed by atoms with Gasteiger partial charge in [0, 0.05) is 6.42 Å². The van der Waals surface area contributed by atoms with Crippen LogP contribution >= 0.6 is 0 Å². The number of nitrogens with one attached hydrogen (secondary N) is 1. The van der Waals surface area contributed by atoms with E-state index in [0.717, 1.165) is 83.5 Å². The summed E-state index contributed by atoms with van der Waals surface area (Å²) in [6.07, 6.45) is 45.8. The van der Waals surface area contributed by atoms with Crippen LogP contribution in [0.15, 0.2) is 48.6 Å². The molecule has 1 aliphatic heterocycles. The summed E-state index contributed by atoms with van der Waals surface area (Å²) in [7, 11) is 0. The molecule has 0 aromatic heterocycles. The predicted octanol–water partition coefficient (Wildman–Crippen LogP) is 12.9. The van der Waals surface area contributed by atoms with Gasteiger partial charge in [-0.3, -0.25) is 9.59 Å². The van der Waals surface area contributed by atoms with Gasteiger partial charge in [-0.05, 0) is 77.0 Å². The van der Waals surface area contributed by atoms with Gasteiger partial charge in [0.2, 0.25) is 5.91 Å². The molecule has 0 radical (unpaired) electrons. The molecule has 8 unspecified atom stereocenters. The third-order valence-electron chi connectivity index (χ3n) is 13.5. The monoisotopic (exact) mass is 990 g/mol. The van der Waals surface area contributed by atoms with Crippen LogP contribution in [0.4, 0.5) is 0 Å². The van der Waals surface area contributed by atoms with E-state index in [0.29, 0.717) is 12.8 Å². The van der Waals surface area contributed by atoms with Crippen LogP contribution in [0.2, 0.25) is 0 Å². The summed E-state index contributed by atoms with van der Waals surface area (Å²) >= 11 is 0. The molecule has 1 saturated heterocycles. The molecule has 408 valence electrons. The molecule has 0 bridgehead atoms. The number of esters is 1. The standard InChI is InChI=1S/C59H107NO10/c1-4-7-10-13-16-19-22-25-28-31-34-37-40-43-46-52(63)58(67)60-50(51(62)45-42-39-36-33-30-27-24-21-18-15-12-9-6-3)49-68-59-57(56(66)55(65)53(48-61)69-59)70-54(64)47-44-41-38-35-32-29-26-23-20-17-14-11-8-5-2/h16,19,22,25,29,32,42,45,50-53,55-57,59,61-63,65-66H,4-15,17-18,20-21,23-24,26-28,30-31,33-41,43-44,46-49H2,1-3H3,(H,60,67)/b19-16+,25-22+,32-29-,45-42+. The van der Waals surface area contributed by atoms with Crippen molar-refractivity contribution in [3.8, 4) is 0 Å². The number of allylic oxidation sites excluding steroid dienone is 7. The Kier molecular flexibility index (Phi) is 44.6. The minimum Gasteiger partial charge on any atom is -0.454 e. The van der Waals surface area contributed by atoms with E-state index in [-0.39, 0.29) is 19.4 Å². The van der Waals surface area contributed by atoms with Crippen LogP contribution in [-0.2, 0) is 23.8 Å². The van der Waals surface area contributed by atoms with Gasteiger partial charge in [-0.2, -0.15) is 0 Å². The van der Waals surface area contributed by atoms with Crippen molar-refractivity contribution in [3.63, 3.8) is 0 Å². The van der Waals surface area contributed by atoms with Gasteiger partial charge < -0.3 is 45.1 Å². The normalized spacial score (nSPS) is 20.0. The van der Waals surface area contributed by atoms with E-state index < -0.39 is 67.4 Å². The predicted molar refractivity (Wildman–Crippen MR) is 287 cm³/mol. The van der Waals surface area contributed by atoms with E-state index in [4.69, 9.17) is 14.2 Å². The Balaban J connectivity index is 2.77. The number of aliphatic hydroxyl groups is 5. The summed E-state index contributed by atoms with van der Waals surface area (Å²) in [5, 5.41) is 56.8. The molecule has 1 heterocycles. The van der Waals surface area contributed by atoms with Crippen molar-refractivity contribution in [1.29, 1.82) is 0 Å². The Morgan fingerprint density at radius 2 is 0.986 bits per heavy atom. The Bertz CT molecular complexity index is 1320. The number of carbonyl (C=O) groups is 2. The number of aliphatic hydroxyl groups excluding tert-OH is 5. The number of unbranched alkanes of at least 4 members (excludes halogenated alkanes) is 29. The first kappa shape index (κ1) is 65.6. The van der Waals surface area contributed by atoms with E-state index in [1.807, 2.05) is 6.08 Å². The van der Waals surface area contributed by atoms with E-state index in [9.17, 15) is 35.1 Å². The summed E-state index contributed by atoms with van der Waals surface area (Å²) in [6.45, 7) is 5.73. The fourth-order valence-electron chi connectivity index (χ4n) is 8.81. The zero-order valence-electron chi connectivity index (χ0n) is 44.9. The quantitative estimate of drug-likeness (QED) is 0.0149. The van der Waals surface area contributed by atoms with Gasteiger partial charge >= 0.3 is 5.97 Å². The Morgan fingerprint density at radius 1 is 0.557 bits per heavy atom. The first-order valence-electron chi connectivity index (χ1n) is 28.9. The smallest absolute Gasteiger partial charge is 0.306 e. The van der Waals surface area contributed by atoms with Gasteiger partial charge in [0.25, 0.3) is 0 Å². The number of carbonyl (C=O) groups excluding carboxylic acids is 2. The number of hydrogen-bond donors (Lipinski definition) is 6. The van der Waals surface area contributed by atoms with Crippen molar-refractivity contribution >= 4 is 11.9 Å². The van der Waals surface area contributed by atoms with Crippen molar-refractivity contribution in [2.75, 3.05) is 13.2 Å². The van der Waals surface area contributed by atoms with Crippen molar-refractivity contribution in [2.45, 2.75) is 301 Å². The minimum atomic E-state index is -1.62. The molecular formula is C59H107NO10. The number of hydrogen-bond acceptors (Lipinski definition) is 10. The fourth-order valence-corrected chi connectivity index (χ4v) is 8.81. The average molecular weight is 991 g/mol. The molecule has 11 nitrogen and oxygen atoms in total. The lowest BCUT2D eigenvalue weighted by Crippen LogP contribution is -2.61. The van der Waals surface area contributed by atoms with Gasteiger partial charge in [0.1, 0.15) is 24.4 Å². The van der Waals surface area contributed by atoms with E-state index in [1.54, 1.807) is 6.08 Å². The topological polar surface area (TPSA) is 175 Å². The first-order valence-corrected chi connectivity index (χ1v) is 28.9. The molecule has 1 amide bonds. The second-order valence-electron chi connectivity index (χ2n) is 20.0. The maximum Gasteiger partial charge on any atom is 0.306 e. The minimum absolute atomic E-state index is 0.102. The van der Waals surface area contributed by atoms with Crippen LogP contribution in [-0.4, -0.2) is 99.6 Å². The largest absolute Gasteiger partial charge is 0.454 e. The molecule has 1 aliphatic rings. The lowest BCUT2D eigenvalue weighted by Gasteiger charge is -2.41. The molecule has 8 atom stereocenters. The van der Waals surface area contributed by atoms with Crippen LogP contribution in [0.3, 0.4) is 0 Å². The molecule has 1 rings (SSSR count). The fraction of sp³-hybridized carbons (Fsp3) is 0.831. The van der Waals surface area contributed by atoms with E-state index in [1.165, 1.54) is 122 Å². The van der Waals surface area contributed by atoms with Crippen LogP contribution in [0.1, 0.15) is 252 Å². The van der Waals surface area contributed by atoms with E-state index >= 15 is 0 Å². The SMILES string of the molecule is CCCCC/C=C/C=C/CCCCCCCC(O)C(=O)NC(COC1OC(CO)C(O)C(O)C1OC(=O)CCCCC/C=C\CCCCCCCCC)C(O)/C=C/CCCCCCCCCCCCC. The summed E-state index contributed by atoms with van der Waals surface area (Å²) in [5.74, 6) is -1.22. The molecule has 0 saturated carbocycles. The van der Waals surface area contributed by atoms with E-state index in [2.05, 4.69) is 62.5 Å². The van der Waals surface area contributed by atoms with Crippen molar-refractivity contribution in [1.82, 2.24) is 5.32 Å². The summed E-state index contributed by atoms with van der Waals surface area (Å²) in [6, 6.07) is -1.03. The van der Waals surface area contributed by atoms with Gasteiger partial charge in [-0.1, -0.05) is 217 Å². The molecule has 70 heavy (non-hydrogen) atoms. The van der Waals surface area contributed by atoms with Crippen molar-refractivity contribution in [3.05, 3.63) is 48.6 Å². The molecule has 0 spiro atoms. The Labute approximate surface area is 427 Å². The lowest BCUT2D eigenvalue weighted by molar-refractivity contribution is -0.305. The highest BCUT2D eigenvalue weighted by molar-refractivity contribution is 5.80. The zero-order chi connectivity index (χ0) is 51.1. The van der Waals surface area contributed by atoms with Gasteiger partial charge in [-0.25, -0.2) is 0 Å². The van der Waals surface area contributed by atoms with Crippen molar-refractivity contribution < 1.29 is 49.3 Å². The average Bonchev–Trinajstić information content (AvgIpc) is 3.36. The van der Waals surface area contributed by atoms with Crippen LogP contribution in [0.25, 0.3) is 0 Å². The second kappa shape index (κ2) is 47.6. The number of amides is 1. The third kappa shape index (κ3) is 35.7. The van der Waals surface area contributed by atoms with Crippen LogP contribution in [0.5, 0.6) is 0 Å². The highest BCUT2D eigenvalue weighted by Gasteiger charge is 2.47. The molecule has 0 aliphatic carbocycles. The van der Waals surface area contributed by atoms with Crippen LogP contribution < -0.4 is 5.32 Å². The molecule has 6 N–H and O–H groups in total. The van der Waals surface area contributed by atoms with Gasteiger partial charge in [0.05, 0.1) is 25.4 Å². The zero-order valence-corrected chi connectivity index (χ0v) is 44.9. The Morgan fingerprint density at radius 3 is 1.50 bits per heavy atom. The Hall–Kier alpha value is -2.38. The number of rotatable bonds is 48. The number of ether oxygens (including phenoxy) is 3. The van der Waals surface area contributed by atoms with Crippen LogP contribution in [0, 0.1) is 0 Å². The summed E-state index contributed by atoms with van der Waals surface area (Å²) in [4.78, 5) is 26.4. The lowest BCUT2D eigenvalue weighted by atomic mass is 9.99. The second-order valence-corrected chi connectivity index (χ2v) is 20.0. The van der Waals surface area contributed by atoms with Crippen molar-refractivity contribution in [2.24, 2.45) is 0 Å². The maximum atomic E-state index is 13.4. The third-order valence-corrected chi connectivity index (χ3v) is 13.5. The van der Waals surface area contributed by atoms with Gasteiger partial charge in [0.15, 0.2) is 12.4 Å². The molecular weight excluding hydrogens is 883 g/mol. The first-order chi connectivity index (χ1) is 34.2. The summed E-state index contributed by atoms with van der Waals surface area (Å²) < 4.78 is 17.5. The molecule has 11 heteroatoms. The highest BCUT2D eigenvalue weighted by atomic mass is 16.7. The van der Waals surface area contributed by atoms with Gasteiger partial charge in [-0.15, -0.1) is 0 Å². The highest BCUT2D eigenvalue weighted by Crippen LogP contribution is 2.26. The maximum absolute atomic E-state index is 13.4. The molecule has 1 fully saturated rings.